The molecule has 0 aliphatic heterocycles. The summed E-state index contributed by atoms with van der Waals surface area (Å²) < 4.78 is 49.4. The number of nitro benzene ring substituents is 1. The Kier molecular flexibility index (Phi) is 6.75. The van der Waals surface area contributed by atoms with Crippen molar-refractivity contribution in [1.82, 2.24) is 5.43 Å². The molecule has 0 radical (unpaired) electrons. The van der Waals surface area contributed by atoms with Gasteiger partial charge in [-0.05, 0) is 42.8 Å². The van der Waals surface area contributed by atoms with E-state index in [1.54, 1.807) is 6.92 Å². The van der Waals surface area contributed by atoms with Gasteiger partial charge in [-0.3, -0.25) is 14.9 Å². The van der Waals surface area contributed by atoms with Crippen molar-refractivity contribution in [2.75, 3.05) is 6.61 Å². The van der Waals surface area contributed by atoms with Crippen LogP contribution in [-0.4, -0.2) is 23.7 Å². The molecule has 1 N–H and O–H groups in total. The highest BCUT2D eigenvalue weighted by atomic mass is 19.4. The van der Waals surface area contributed by atoms with Crippen LogP contribution < -0.4 is 14.9 Å². The van der Waals surface area contributed by atoms with Crippen LogP contribution in [0.15, 0.2) is 41.5 Å². The van der Waals surface area contributed by atoms with Crippen LogP contribution in [0.2, 0.25) is 0 Å². The maximum Gasteiger partial charge on any atom is 0.416 e. The van der Waals surface area contributed by atoms with E-state index in [1.807, 2.05) is 0 Å². The van der Waals surface area contributed by atoms with Gasteiger partial charge in [0.05, 0.1) is 23.3 Å². The number of nitrogens with one attached hydrogen (secondary N) is 1. The molecule has 0 fully saturated rings. The Morgan fingerprint density at radius 2 is 1.90 bits per heavy atom. The molecule has 0 saturated heterocycles. The van der Waals surface area contributed by atoms with E-state index >= 15 is 0 Å². The molecular weight excluding hydrogens is 395 g/mol. The van der Waals surface area contributed by atoms with Crippen LogP contribution in [0.3, 0.4) is 0 Å². The normalized spacial score (nSPS) is 11.3. The molecule has 154 valence electrons. The first-order valence-corrected chi connectivity index (χ1v) is 8.21. The highest BCUT2D eigenvalue weighted by Gasteiger charge is 2.33. The summed E-state index contributed by atoms with van der Waals surface area (Å²) in [7, 11) is 0. The van der Waals surface area contributed by atoms with Crippen molar-refractivity contribution in [3.8, 4) is 17.2 Å². The lowest BCUT2D eigenvalue weighted by Gasteiger charge is -2.13. The van der Waals surface area contributed by atoms with Crippen LogP contribution in [0.5, 0.6) is 17.2 Å². The van der Waals surface area contributed by atoms with Crippen molar-refractivity contribution in [3.63, 3.8) is 0 Å². The molecule has 0 atom stereocenters. The van der Waals surface area contributed by atoms with Gasteiger partial charge in [0.25, 0.3) is 0 Å². The Labute approximate surface area is 163 Å². The fraction of sp³-hybridized carbons (Fsp3) is 0.222. The molecule has 0 bridgehead atoms. The Hall–Kier alpha value is -3.63. The van der Waals surface area contributed by atoms with Crippen molar-refractivity contribution in [2.24, 2.45) is 5.10 Å². The molecule has 2 aromatic carbocycles. The van der Waals surface area contributed by atoms with Gasteiger partial charge in [-0.2, -0.15) is 18.3 Å². The Bertz CT molecular complexity index is 945. The van der Waals surface area contributed by atoms with E-state index in [-0.39, 0.29) is 29.8 Å². The molecule has 11 heteroatoms. The maximum atomic E-state index is 12.8. The van der Waals surface area contributed by atoms with Crippen molar-refractivity contribution in [2.45, 2.75) is 20.0 Å². The predicted octanol–water partition coefficient (Wildman–Crippen LogP) is 4.27. The number of alkyl halides is 3. The van der Waals surface area contributed by atoms with Gasteiger partial charge in [0.15, 0.2) is 11.5 Å². The SMILES string of the molecule is CCOc1cc(/C=N/NC(C)=O)ccc1Oc1ccc(C(F)(F)F)cc1[N+](=O)[O-]. The third kappa shape index (κ3) is 5.92. The molecule has 0 saturated carbocycles. The molecule has 0 unspecified atom stereocenters. The van der Waals surface area contributed by atoms with Crippen molar-refractivity contribution in [3.05, 3.63) is 57.6 Å². The molecular formula is C18H16F3N3O5. The molecule has 0 aliphatic rings. The van der Waals surface area contributed by atoms with Gasteiger partial charge in [0.1, 0.15) is 0 Å². The summed E-state index contributed by atoms with van der Waals surface area (Å²) in [6, 6.07) is 6.42. The third-order valence-corrected chi connectivity index (χ3v) is 3.41. The zero-order valence-electron chi connectivity index (χ0n) is 15.3. The fourth-order valence-electron chi connectivity index (χ4n) is 2.20. The zero-order valence-corrected chi connectivity index (χ0v) is 15.3. The van der Waals surface area contributed by atoms with Crippen molar-refractivity contribution < 1.29 is 32.4 Å². The minimum atomic E-state index is -4.73. The van der Waals surface area contributed by atoms with Gasteiger partial charge >= 0.3 is 11.9 Å². The van der Waals surface area contributed by atoms with E-state index in [4.69, 9.17) is 9.47 Å². The van der Waals surface area contributed by atoms with E-state index in [0.29, 0.717) is 17.7 Å². The zero-order chi connectivity index (χ0) is 21.6. The molecule has 1 amide bonds. The van der Waals surface area contributed by atoms with Crippen LogP contribution in [0.4, 0.5) is 18.9 Å². The first-order valence-electron chi connectivity index (χ1n) is 8.21. The molecule has 0 spiro atoms. The van der Waals surface area contributed by atoms with Crippen LogP contribution in [0.25, 0.3) is 0 Å². The number of benzene rings is 2. The van der Waals surface area contributed by atoms with Crippen LogP contribution in [0.1, 0.15) is 25.0 Å². The first-order chi connectivity index (χ1) is 13.6. The quantitative estimate of drug-likeness (QED) is 0.416. The number of hydrazone groups is 1. The number of carbonyl (C=O) groups excluding carboxylic acids is 1. The summed E-state index contributed by atoms with van der Waals surface area (Å²) in [6.45, 7) is 3.22. The second-order valence-corrected chi connectivity index (χ2v) is 5.60. The molecule has 2 aromatic rings. The molecule has 0 heterocycles. The average Bonchev–Trinajstić information content (AvgIpc) is 2.63. The van der Waals surface area contributed by atoms with E-state index in [1.165, 1.54) is 31.3 Å². The van der Waals surface area contributed by atoms with E-state index in [9.17, 15) is 28.1 Å². The number of nitrogens with zero attached hydrogens (tertiary/aromatic N) is 2. The number of ether oxygens (including phenoxy) is 2. The van der Waals surface area contributed by atoms with E-state index in [2.05, 4.69) is 10.5 Å². The Morgan fingerprint density at radius 3 is 2.48 bits per heavy atom. The standard InChI is InChI=1S/C18H16F3N3O5/c1-3-28-17-8-12(10-22-23-11(2)25)4-6-16(17)29-15-7-5-13(18(19,20)21)9-14(15)24(26)27/h4-10H,3H2,1-2H3,(H,23,25)/b22-10+. The minimum Gasteiger partial charge on any atom is -0.490 e. The van der Waals surface area contributed by atoms with Gasteiger partial charge in [0, 0.05) is 13.0 Å². The van der Waals surface area contributed by atoms with Gasteiger partial charge in [-0.1, -0.05) is 0 Å². The lowest BCUT2D eigenvalue weighted by atomic mass is 10.1. The second-order valence-electron chi connectivity index (χ2n) is 5.60. The summed E-state index contributed by atoms with van der Waals surface area (Å²) in [5, 5.41) is 14.9. The van der Waals surface area contributed by atoms with Gasteiger partial charge in [0.2, 0.25) is 11.7 Å². The molecule has 0 aromatic heterocycles. The lowest BCUT2D eigenvalue weighted by Crippen LogP contribution is -2.12. The topological polar surface area (TPSA) is 103 Å². The highest BCUT2D eigenvalue weighted by molar-refractivity contribution is 5.82. The number of rotatable bonds is 7. The summed E-state index contributed by atoms with van der Waals surface area (Å²) in [5.41, 5.74) is 0.758. The smallest absolute Gasteiger partial charge is 0.416 e. The largest absolute Gasteiger partial charge is 0.490 e. The number of amides is 1. The average molecular weight is 411 g/mol. The van der Waals surface area contributed by atoms with Crippen LogP contribution >= 0.6 is 0 Å². The van der Waals surface area contributed by atoms with E-state index in [0.717, 1.165) is 6.07 Å². The molecule has 8 nitrogen and oxygen atoms in total. The monoisotopic (exact) mass is 411 g/mol. The van der Waals surface area contributed by atoms with E-state index < -0.39 is 22.4 Å². The van der Waals surface area contributed by atoms with Gasteiger partial charge in [-0.25, -0.2) is 5.43 Å². The first kappa shape index (κ1) is 21.7. The minimum absolute atomic E-state index is 0.0615. The van der Waals surface area contributed by atoms with Crippen LogP contribution in [0, 0.1) is 10.1 Å². The maximum absolute atomic E-state index is 12.8. The molecule has 29 heavy (non-hydrogen) atoms. The molecule has 2 rings (SSSR count). The van der Waals surface area contributed by atoms with Gasteiger partial charge in [-0.15, -0.1) is 0 Å². The number of carbonyl (C=O) groups is 1. The van der Waals surface area contributed by atoms with Crippen LogP contribution in [-0.2, 0) is 11.0 Å². The number of hydrogen-bond acceptors (Lipinski definition) is 6. The lowest BCUT2D eigenvalue weighted by molar-refractivity contribution is -0.385. The number of hydrogen-bond donors (Lipinski definition) is 1. The molecule has 0 aliphatic carbocycles. The van der Waals surface area contributed by atoms with Crippen molar-refractivity contribution >= 4 is 17.8 Å². The van der Waals surface area contributed by atoms with Crippen molar-refractivity contribution in [1.29, 1.82) is 0 Å². The van der Waals surface area contributed by atoms with Gasteiger partial charge < -0.3 is 9.47 Å². The second kappa shape index (κ2) is 9.04. The summed E-state index contributed by atoms with van der Waals surface area (Å²) in [5.74, 6) is -0.482. The summed E-state index contributed by atoms with van der Waals surface area (Å²) in [6.07, 6.45) is -3.39. The predicted molar refractivity (Wildman–Crippen MR) is 97.2 cm³/mol. The fourth-order valence-corrected chi connectivity index (χ4v) is 2.20. The third-order valence-electron chi connectivity index (χ3n) is 3.41. The Balaban J connectivity index is 2.38. The number of nitro groups is 1. The summed E-state index contributed by atoms with van der Waals surface area (Å²) >= 11 is 0. The number of halogens is 3. The summed E-state index contributed by atoms with van der Waals surface area (Å²) in [4.78, 5) is 21.1. The highest BCUT2D eigenvalue weighted by Crippen LogP contribution is 2.40. The Morgan fingerprint density at radius 1 is 1.21 bits per heavy atom.